The second-order valence-corrected chi connectivity index (χ2v) is 6.87. The van der Waals surface area contributed by atoms with Crippen molar-refractivity contribution in [1.29, 1.82) is 0 Å². The first kappa shape index (κ1) is 18.6. The number of halogens is 1. The van der Waals surface area contributed by atoms with Crippen molar-refractivity contribution in [2.24, 2.45) is 0 Å². The van der Waals surface area contributed by atoms with Crippen molar-refractivity contribution in [3.05, 3.63) is 23.2 Å². The number of urea groups is 1. The summed E-state index contributed by atoms with van der Waals surface area (Å²) in [6.07, 6.45) is 2.05. The lowest BCUT2D eigenvalue weighted by Crippen LogP contribution is -2.51. The molecule has 0 saturated carbocycles. The van der Waals surface area contributed by atoms with Gasteiger partial charge in [-0.2, -0.15) is 0 Å². The molecule has 3 rings (SSSR count). The molecule has 0 unspecified atom stereocenters. The van der Waals surface area contributed by atoms with Gasteiger partial charge in [-0.1, -0.05) is 11.6 Å². The minimum atomic E-state index is -0.322. The van der Waals surface area contributed by atoms with Crippen LogP contribution in [0.4, 0.5) is 21.0 Å². The lowest BCUT2D eigenvalue weighted by molar-refractivity contribution is 0.0868. The highest BCUT2D eigenvalue weighted by molar-refractivity contribution is 6.33. The molecule has 8 heteroatoms. The topological polar surface area (TPSA) is 65.1 Å². The van der Waals surface area contributed by atoms with E-state index in [9.17, 15) is 9.59 Å². The van der Waals surface area contributed by atoms with Gasteiger partial charge in [0, 0.05) is 45.0 Å². The molecule has 0 radical (unpaired) electrons. The van der Waals surface area contributed by atoms with Crippen molar-refractivity contribution in [2.45, 2.75) is 19.8 Å². The summed E-state index contributed by atoms with van der Waals surface area (Å²) in [6.45, 7) is 6.08. The van der Waals surface area contributed by atoms with E-state index in [0.29, 0.717) is 43.5 Å². The van der Waals surface area contributed by atoms with Crippen molar-refractivity contribution in [3.8, 4) is 0 Å². The molecule has 2 fully saturated rings. The molecule has 1 aromatic rings. The van der Waals surface area contributed by atoms with Gasteiger partial charge in [0.15, 0.2) is 0 Å². The average Bonchev–Trinajstić information content (AvgIpc) is 3.16. The van der Waals surface area contributed by atoms with E-state index in [-0.39, 0.29) is 12.1 Å². The van der Waals surface area contributed by atoms with Crippen LogP contribution in [0.15, 0.2) is 18.2 Å². The number of piperazine rings is 1. The number of carbonyl (C=O) groups excluding carboxylic acids is 2. The third-order valence-corrected chi connectivity index (χ3v) is 5.04. The zero-order chi connectivity index (χ0) is 18.5. The van der Waals surface area contributed by atoms with Crippen molar-refractivity contribution >= 4 is 35.1 Å². The number of anilines is 2. The third-order valence-electron chi connectivity index (χ3n) is 4.74. The average molecular weight is 381 g/mol. The number of nitrogens with zero attached hydrogens (tertiary/aromatic N) is 3. The van der Waals surface area contributed by atoms with Crippen LogP contribution >= 0.6 is 11.6 Å². The Hall–Kier alpha value is -2.15. The predicted octanol–water partition coefficient (Wildman–Crippen LogP) is 3.25. The molecule has 2 saturated heterocycles. The van der Waals surface area contributed by atoms with Gasteiger partial charge in [0.2, 0.25) is 0 Å². The maximum absolute atomic E-state index is 12.4. The van der Waals surface area contributed by atoms with Gasteiger partial charge < -0.3 is 24.8 Å². The Kier molecular flexibility index (Phi) is 6.08. The zero-order valence-electron chi connectivity index (χ0n) is 15.0. The molecule has 0 aromatic heterocycles. The fraction of sp³-hybridized carbons (Fsp3) is 0.556. The molecule has 2 heterocycles. The monoisotopic (exact) mass is 380 g/mol. The summed E-state index contributed by atoms with van der Waals surface area (Å²) in [5.41, 5.74) is 1.70. The van der Waals surface area contributed by atoms with Gasteiger partial charge in [-0.15, -0.1) is 0 Å². The van der Waals surface area contributed by atoms with E-state index >= 15 is 0 Å². The van der Waals surface area contributed by atoms with Crippen molar-refractivity contribution in [3.63, 3.8) is 0 Å². The Morgan fingerprint density at radius 3 is 2.35 bits per heavy atom. The first-order valence-electron chi connectivity index (χ1n) is 9.10. The van der Waals surface area contributed by atoms with Crippen LogP contribution in [-0.2, 0) is 4.74 Å². The molecule has 3 amide bonds. The molecule has 26 heavy (non-hydrogen) atoms. The lowest BCUT2D eigenvalue weighted by Gasteiger charge is -2.34. The number of ether oxygens (including phenoxy) is 1. The molecule has 7 nitrogen and oxygen atoms in total. The quantitative estimate of drug-likeness (QED) is 0.874. The number of nitrogens with one attached hydrogen (secondary N) is 1. The summed E-state index contributed by atoms with van der Waals surface area (Å²) >= 11 is 6.40. The van der Waals surface area contributed by atoms with Gasteiger partial charge in [-0.05, 0) is 38.0 Å². The summed E-state index contributed by atoms with van der Waals surface area (Å²) < 4.78 is 4.99. The minimum Gasteiger partial charge on any atom is -0.450 e. The number of amides is 3. The van der Waals surface area contributed by atoms with E-state index in [4.69, 9.17) is 16.3 Å². The van der Waals surface area contributed by atoms with Crippen LogP contribution in [-0.4, -0.2) is 67.8 Å². The Morgan fingerprint density at radius 2 is 1.73 bits per heavy atom. The Balaban J connectivity index is 1.54. The molecule has 0 spiro atoms. The molecular weight excluding hydrogens is 356 g/mol. The van der Waals surface area contributed by atoms with Crippen molar-refractivity contribution in [2.75, 3.05) is 56.1 Å². The van der Waals surface area contributed by atoms with E-state index in [1.54, 1.807) is 22.8 Å². The number of hydrogen-bond donors (Lipinski definition) is 1. The highest BCUT2D eigenvalue weighted by atomic mass is 35.5. The SMILES string of the molecule is CCOC(=O)N1CCN(C(=O)Nc2ccc(N3CCCC3)c(Cl)c2)CC1. The van der Waals surface area contributed by atoms with E-state index < -0.39 is 0 Å². The van der Waals surface area contributed by atoms with Gasteiger partial charge in [-0.25, -0.2) is 9.59 Å². The summed E-state index contributed by atoms with van der Waals surface area (Å²) in [5, 5.41) is 3.54. The van der Waals surface area contributed by atoms with Crippen molar-refractivity contribution < 1.29 is 14.3 Å². The Bertz CT molecular complexity index is 656. The maximum atomic E-state index is 12.4. The molecule has 2 aliphatic rings. The van der Waals surface area contributed by atoms with E-state index in [1.165, 1.54) is 12.8 Å². The fourth-order valence-electron chi connectivity index (χ4n) is 3.31. The molecule has 1 aromatic carbocycles. The standard InChI is InChI=1S/C18H25ClN4O3/c1-2-26-18(25)23-11-9-22(10-12-23)17(24)20-14-5-6-16(15(19)13-14)21-7-3-4-8-21/h5-6,13H,2-4,7-12H2,1H3,(H,20,24). The molecule has 142 valence electrons. The first-order chi connectivity index (χ1) is 12.6. The molecule has 0 bridgehead atoms. The van der Waals surface area contributed by atoms with Crippen LogP contribution in [0, 0.1) is 0 Å². The lowest BCUT2D eigenvalue weighted by atomic mass is 10.2. The minimum absolute atomic E-state index is 0.182. The second kappa shape index (κ2) is 8.49. The van der Waals surface area contributed by atoms with Crippen LogP contribution < -0.4 is 10.2 Å². The van der Waals surface area contributed by atoms with E-state index in [2.05, 4.69) is 10.2 Å². The van der Waals surface area contributed by atoms with Crippen LogP contribution in [0.2, 0.25) is 5.02 Å². The summed E-state index contributed by atoms with van der Waals surface area (Å²) in [6, 6.07) is 5.45. The van der Waals surface area contributed by atoms with Crippen molar-refractivity contribution in [1.82, 2.24) is 9.80 Å². The second-order valence-electron chi connectivity index (χ2n) is 6.46. The normalized spacial score (nSPS) is 17.4. The van der Waals surface area contributed by atoms with Gasteiger partial charge in [0.1, 0.15) is 0 Å². The highest BCUT2D eigenvalue weighted by Crippen LogP contribution is 2.31. The molecular formula is C18H25ClN4O3. The van der Waals surface area contributed by atoms with Gasteiger partial charge >= 0.3 is 12.1 Å². The number of rotatable bonds is 3. The first-order valence-corrected chi connectivity index (χ1v) is 9.48. The molecule has 0 atom stereocenters. The zero-order valence-corrected chi connectivity index (χ0v) is 15.8. The van der Waals surface area contributed by atoms with Crippen LogP contribution in [0.25, 0.3) is 0 Å². The highest BCUT2D eigenvalue weighted by Gasteiger charge is 2.25. The smallest absolute Gasteiger partial charge is 0.409 e. The van der Waals surface area contributed by atoms with Crippen LogP contribution in [0.1, 0.15) is 19.8 Å². The van der Waals surface area contributed by atoms with Gasteiger partial charge in [-0.3, -0.25) is 0 Å². The molecule has 1 N–H and O–H groups in total. The number of benzene rings is 1. The summed E-state index contributed by atoms with van der Waals surface area (Å²) in [7, 11) is 0. The largest absolute Gasteiger partial charge is 0.450 e. The third kappa shape index (κ3) is 4.33. The molecule has 2 aliphatic heterocycles. The fourth-order valence-corrected chi connectivity index (χ4v) is 3.61. The van der Waals surface area contributed by atoms with Crippen LogP contribution in [0.5, 0.6) is 0 Å². The van der Waals surface area contributed by atoms with Gasteiger partial charge in [0.05, 0.1) is 17.3 Å². The number of hydrogen-bond acceptors (Lipinski definition) is 4. The maximum Gasteiger partial charge on any atom is 0.409 e. The van der Waals surface area contributed by atoms with E-state index in [1.807, 2.05) is 12.1 Å². The summed E-state index contributed by atoms with van der Waals surface area (Å²) in [4.78, 5) is 29.7. The Labute approximate surface area is 158 Å². The Morgan fingerprint density at radius 1 is 1.08 bits per heavy atom. The van der Waals surface area contributed by atoms with Gasteiger partial charge in [0.25, 0.3) is 0 Å². The predicted molar refractivity (Wildman–Crippen MR) is 102 cm³/mol. The summed E-state index contributed by atoms with van der Waals surface area (Å²) in [5.74, 6) is 0. The van der Waals surface area contributed by atoms with Crippen LogP contribution in [0.3, 0.4) is 0 Å². The van der Waals surface area contributed by atoms with E-state index in [0.717, 1.165) is 18.8 Å². The number of carbonyl (C=O) groups is 2. The molecule has 0 aliphatic carbocycles.